The van der Waals surface area contributed by atoms with Gasteiger partial charge in [0.15, 0.2) is 0 Å². The van der Waals surface area contributed by atoms with Gasteiger partial charge in [-0.1, -0.05) is 18.2 Å². The number of nitrogens with one attached hydrogen (secondary N) is 2. The lowest BCUT2D eigenvalue weighted by molar-refractivity contribution is -0.117. The maximum atomic E-state index is 11.9. The van der Waals surface area contributed by atoms with Gasteiger partial charge in [-0.25, -0.2) is 4.98 Å². The van der Waals surface area contributed by atoms with E-state index in [1.54, 1.807) is 6.33 Å². The summed E-state index contributed by atoms with van der Waals surface area (Å²) in [6.45, 7) is 0. The summed E-state index contributed by atoms with van der Waals surface area (Å²) in [5.74, 6) is 0.438. The zero-order chi connectivity index (χ0) is 11.7. The number of aromatic amines is 1. The third-order valence-electron chi connectivity index (χ3n) is 3.07. The number of benzene rings is 1. The number of rotatable bonds is 3. The van der Waals surface area contributed by atoms with E-state index in [4.69, 9.17) is 0 Å². The topological polar surface area (TPSA) is 57.8 Å². The summed E-state index contributed by atoms with van der Waals surface area (Å²) in [4.78, 5) is 19.0. The van der Waals surface area contributed by atoms with Gasteiger partial charge in [0.2, 0.25) is 5.91 Å². The molecule has 1 aliphatic carbocycles. The summed E-state index contributed by atoms with van der Waals surface area (Å²) in [5, 5.41) is 2.92. The first-order valence-corrected chi connectivity index (χ1v) is 5.69. The SMILES string of the molecule is Cl.O=C(Nc1ccccc1)[C@H]1C[C@@H]1c1c[nH]cn1. The highest BCUT2D eigenvalue weighted by atomic mass is 35.5. The second-order valence-corrected chi connectivity index (χ2v) is 4.30. The molecule has 3 rings (SSSR count). The molecule has 0 aliphatic heterocycles. The molecule has 1 heterocycles. The summed E-state index contributed by atoms with van der Waals surface area (Å²) >= 11 is 0. The Hall–Kier alpha value is -1.81. The Labute approximate surface area is 111 Å². The van der Waals surface area contributed by atoms with Gasteiger partial charge in [-0.2, -0.15) is 0 Å². The normalized spacial score (nSPS) is 20.9. The molecule has 2 N–H and O–H groups in total. The monoisotopic (exact) mass is 263 g/mol. The van der Waals surface area contributed by atoms with Crippen molar-refractivity contribution in [3.8, 4) is 0 Å². The van der Waals surface area contributed by atoms with Gasteiger partial charge in [-0.05, 0) is 18.6 Å². The molecule has 94 valence electrons. The Balaban J connectivity index is 0.00000120. The van der Waals surface area contributed by atoms with Crippen molar-refractivity contribution in [2.75, 3.05) is 5.32 Å². The highest BCUT2D eigenvalue weighted by Crippen LogP contribution is 2.47. The number of H-pyrrole nitrogens is 1. The zero-order valence-corrected chi connectivity index (χ0v) is 10.5. The molecule has 0 bridgehead atoms. The lowest BCUT2D eigenvalue weighted by Crippen LogP contribution is -2.14. The lowest BCUT2D eigenvalue weighted by atomic mass is 10.2. The summed E-state index contributed by atoms with van der Waals surface area (Å²) in [7, 11) is 0. The Bertz CT molecular complexity index is 512. The Morgan fingerprint density at radius 1 is 1.33 bits per heavy atom. The zero-order valence-electron chi connectivity index (χ0n) is 9.67. The first-order chi connectivity index (χ1) is 8.34. The second-order valence-electron chi connectivity index (χ2n) is 4.30. The van der Waals surface area contributed by atoms with Crippen LogP contribution in [0.1, 0.15) is 18.0 Å². The fourth-order valence-electron chi connectivity index (χ4n) is 2.04. The van der Waals surface area contributed by atoms with E-state index < -0.39 is 0 Å². The van der Waals surface area contributed by atoms with Crippen molar-refractivity contribution in [3.63, 3.8) is 0 Å². The molecule has 2 aromatic rings. The largest absolute Gasteiger partial charge is 0.351 e. The number of aromatic nitrogens is 2. The minimum Gasteiger partial charge on any atom is -0.351 e. The van der Waals surface area contributed by atoms with E-state index in [0.29, 0.717) is 0 Å². The van der Waals surface area contributed by atoms with Crippen molar-refractivity contribution in [2.24, 2.45) is 5.92 Å². The van der Waals surface area contributed by atoms with E-state index >= 15 is 0 Å². The standard InChI is InChI=1S/C13H13N3O.ClH/c17-13(16-9-4-2-1-3-5-9)11-6-10(11)12-7-14-8-15-12;/h1-5,7-8,10-11H,6H2,(H,14,15)(H,16,17);1H/t10-,11-;/m0./s1. The third kappa shape index (κ3) is 2.54. The smallest absolute Gasteiger partial charge is 0.228 e. The summed E-state index contributed by atoms with van der Waals surface area (Å²) in [6, 6.07) is 9.54. The third-order valence-corrected chi connectivity index (χ3v) is 3.07. The highest BCUT2D eigenvalue weighted by Gasteiger charge is 2.45. The van der Waals surface area contributed by atoms with Crippen LogP contribution in [0.4, 0.5) is 5.69 Å². The number of carbonyl (C=O) groups excluding carboxylic acids is 1. The van der Waals surface area contributed by atoms with Gasteiger partial charge in [0.1, 0.15) is 0 Å². The van der Waals surface area contributed by atoms with E-state index in [-0.39, 0.29) is 30.2 Å². The van der Waals surface area contributed by atoms with Crippen LogP contribution in [0.3, 0.4) is 0 Å². The van der Waals surface area contributed by atoms with E-state index in [0.717, 1.165) is 17.8 Å². The fourth-order valence-corrected chi connectivity index (χ4v) is 2.04. The molecule has 1 aliphatic rings. The van der Waals surface area contributed by atoms with Crippen LogP contribution in [0.15, 0.2) is 42.9 Å². The van der Waals surface area contributed by atoms with Crippen LogP contribution in [-0.2, 0) is 4.79 Å². The first kappa shape index (κ1) is 12.6. The molecular formula is C13H14ClN3O. The molecule has 1 aromatic heterocycles. The first-order valence-electron chi connectivity index (χ1n) is 5.69. The average Bonchev–Trinajstić information content (AvgIpc) is 2.98. The minimum atomic E-state index is 0. The van der Waals surface area contributed by atoms with Crippen LogP contribution in [0, 0.1) is 5.92 Å². The Morgan fingerprint density at radius 2 is 2.11 bits per heavy atom. The van der Waals surface area contributed by atoms with E-state index in [9.17, 15) is 4.79 Å². The van der Waals surface area contributed by atoms with Crippen LogP contribution in [0.25, 0.3) is 0 Å². The quantitative estimate of drug-likeness (QED) is 0.894. The van der Waals surface area contributed by atoms with E-state index in [2.05, 4.69) is 15.3 Å². The Kier molecular flexibility index (Phi) is 3.67. The van der Waals surface area contributed by atoms with Gasteiger partial charge < -0.3 is 10.3 Å². The molecule has 2 atom stereocenters. The van der Waals surface area contributed by atoms with Crippen molar-refractivity contribution < 1.29 is 4.79 Å². The highest BCUT2D eigenvalue weighted by molar-refractivity contribution is 5.95. The van der Waals surface area contributed by atoms with Crippen molar-refractivity contribution in [1.29, 1.82) is 0 Å². The molecule has 1 fully saturated rings. The number of carbonyl (C=O) groups is 1. The molecular weight excluding hydrogens is 250 g/mol. The van der Waals surface area contributed by atoms with Crippen LogP contribution >= 0.6 is 12.4 Å². The molecule has 4 nitrogen and oxygen atoms in total. The molecule has 0 saturated heterocycles. The van der Waals surface area contributed by atoms with E-state index in [1.165, 1.54) is 0 Å². The predicted molar refractivity (Wildman–Crippen MR) is 71.8 cm³/mol. The maximum absolute atomic E-state index is 11.9. The number of anilines is 1. The summed E-state index contributed by atoms with van der Waals surface area (Å²) in [5.41, 5.74) is 1.84. The maximum Gasteiger partial charge on any atom is 0.228 e. The van der Waals surface area contributed by atoms with E-state index in [1.807, 2.05) is 36.5 Å². The summed E-state index contributed by atoms with van der Waals surface area (Å²) < 4.78 is 0. The van der Waals surface area contributed by atoms with Gasteiger partial charge in [-0.15, -0.1) is 12.4 Å². The van der Waals surface area contributed by atoms with Crippen molar-refractivity contribution in [3.05, 3.63) is 48.5 Å². The van der Waals surface area contributed by atoms with Gasteiger partial charge >= 0.3 is 0 Å². The van der Waals surface area contributed by atoms with Crippen LogP contribution in [-0.4, -0.2) is 15.9 Å². The summed E-state index contributed by atoms with van der Waals surface area (Å²) in [6.07, 6.45) is 4.41. The number of amides is 1. The molecule has 1 saturated carbocycles. The molecule has 0 radical (unpaired) electrons. The van der Waals surface area contributed by atoms with Crippen LogP contribution in [0.5, 0.6) is 0 Å². The van der Waals surface area contributed by atoms with Crippen LogP contribution in [0.2, 0.25) is 0 Å². The fraction of sp³-hybridized carbons (Fsp3) is 0.231. The van der Waals surface area contributed by atoms with Gasteiger partial charge in [0.05, 0.1) is 12.0 Å². The molecule has 5 heteroatoms. The number of nitrogens with zero attached hydrogens (tertiary/aromatic N) is 1. The predicted octanol–water partition coefficient (Wildman–Crippen LogP) is 2.57. The molecule has 1 aromatic carbocycles. The number of halogens is 1. The number of hydrogen-bond donors (Lipinski definition) is 2. The van der Waals surface area contributed by atoms with Crippen molar-refractivity contribution >= 4 is 24.0 Å². The number of para-hydroxylation sites is 1. The Morgan fingerprint density at radius 3 is 2.78 bits per heavy atom. The number of hydrogen-bond acceptors (Lipinski definition) is 2. The average molecular weight is 264 g/mol. The van der Waals surface area contributed by atoms with Crippen molar-refractivity contribution in [2.45, 2.75) is 12.3 Å². The van der Waals surface area contributed by atoms with Gasteiger partial charge in [0, 0.05) is 23.7 Å². The molecule has 0 spiro atoms. The van der Waals surface area contributed by atoms with Crippen molar-refractivity contribution in [1.82, 2.24) is 9.97 Å². The van der Waals surface area contributed by atoms with Gasteiger partial charge in [-0.3, -0.25) is 4.79 Å². The lowest BCUT2D eigenvalue weighted by Gasteiger charge is -2.03. The molecule has 18 heavy (non-hydrogen) atoms. The molecule has 1 amide bonds. The van der Waals surface area contributed by atoms with Gasteiger partial charge in [0.25, 0.3) is 0 Å². The van der Waals surface area contributed by atoms with Crippen LogP contribution < -0.4 is 5.32 Å². The minimum absolute atomic E-state index is 0. The second kappa shape index (κ2) is 5.23. The molecule has 0 unspecified atom stereocenters. The number of imidazole rings is 1.